The van der Waals surface area contributed by atoms with E-state index in [1.807, 2.05) is 25.1 Å². The van der Waals surface area contributed by atoms with Crippen LogP contribution in [0.4, 0.5) is 4.39 Å². The lowest BCUT2D eigenvalue weighted by molar-refractivity contribution is 0.0531. The van der Waals surface area contributed by atoms with Crippen molar-refractivity contribution in [3.8, 4) is 0 Å². The summed E-state index contributed by atoms with van der Waals surface area (Å²) in [5.74, 6) is -0.981. The van der Waals surface area contributed by atoms with Crippen LogP contribution in [0.3, 0.4) is 0 Å². The predicted octanol–water partition coefficient (Wildman–Crippen LogP) is 3.34. The average molecular weight is 383 g/mol. The molecule has 1 saturated heterocycles. The molecular formula is C20H18FN3O2S. The maximum absolute atomic E-state index is 13.8. The van der Waals surface area contributed by atoms with E-state index in [2.05, 4.69) is 4.37 Å². The SMILES string of the molecule is Cc1ccc2snc(C(=O)N3CCN(C(=O)c4ccccc4F)CC3)c2c1. The zero-order chi connectivity index (χ0) is 19.0. The zero-order valence-electron chi connectivity index (χ0n) is 14.8. The largest absolute Gasteiger partial charge is 0.335 e. The Bertz CT molecular complexity index is 1020. The third-order valence-corrected chi connectivity index (χ3v) is 5.61. The molecule has 7 heteroatoms. The van der Waals surface area contributed by atoms with Crippen molar-refractivity contribution < 1.29 is 14.0 Å². The maximum Gasteiger partial charge on any atom is 0.274 e. The van der Waals surface area contributed by atoms with Gasteiger partial charge in [-0.15, -0.1) is 0 Å². The molecule has 0 saturated carbocycles. The summed E-state index contributed by atoms with van der Waals surface area (Å²) < 4.78 is 19.2. The monoisotopic (exact) mass is 383 g/mol. The first-order valence-electron chi connectivity index (χ1n) is 8.74. The van der Waals surface area contributed by atoms with E-state index in [4.69, 9.17) is 0 Å². The van der Waals surface area contributed by atoms with Crippen LogP contribution in [0.25, 0.3) is 10.1 Å². The maximum atomic E-state index is 13.8. The lowest BCUT2D eigenvalue weighted by Crippen LogP contribution is -2.50. The van der Waals surface area contributed by atoms with Gasteiger partial charge in [0.15, 0.2) is 0 Å². The number of aromatic nitrogens is 1. The number of piperazine rings is 1. The Morgan fingerprint density at radius 1 is 1.00 bits per heavy atom. The fraction of sp³-hybridized carbons (Fsp3) is 0.250. The summed E-state index contributed by atoms with van der Waals surface area (Å²) in [7, 11) is 0. The number of benzene rings is 2. The van der Waals surface area contributed by atoms with Gasteiger partial charge in [0, 0.05) is 31.6 Å². The fourth-order valence-corrected chi connectivity index (χ4v) is 4.02. The second-order valence-corrected chi connectivity index (χ2v) is 7.40. The van der Waals surface area contributed by atoms with E-state index in [9.17, 15) is 14.0 Å². The second-order valence-electron chi connectivity index (χ2n) is 6.60. The molecule has 0 aliphatic carbocycles. The topological polar surface area (TPSA) is 53.5 Å². The molecule has 0 atom stereocenters. The number of aryl methyl sites for hydroxylation is 1. The van der Waals surface area contributed by atoms with E-state index < -0.39 is 5.82 Å². The highest BCUT2D eigenvalue weighted by atomic mass is 32.1. The van der Waals surface area contributed by atoms with Gasteiger partial charge in [-0.3, -0.25) is 9.59 Å². The fourth-order valence-electron chi connectivity index (χ4n) is 3.27. The zero-order valence-corrected chi connectivity index (χ0v) is 15.6. The molecule has 1 fully saturated rings. The van der Waals surface area contributed by atoms with Crippen molar-refractivity contribution in [1.29, 1.82) is 0 Å². The predicted molar refractivity (Wildman–Crippen MR) is 103 cm³/mol. The van der Waals surface area contributed by atoms with Crippen LogP contribution in [-0.4, -0.2) is 52.2 Å². The van der Waals surface area contributed by atoms with Crippen LogP contribution < -0.4 is 0 Å². The second kappa shape index (κ2) is 7.08. The Balaban J connectivity index is 1.47. The van der Waals surface area contributed by atoms with Crippen LogP contribution in [0.15, 0.2) is 42.5 Å². The minimum Gasteiger partial charge on any atom is -0.335 e. The quantitative estimate of drug-likeness (QED) is 0.682. The van der Waals surface area contributed by atoms with Gasteiger partial charge in [0.2, 0.25) is 0 Å². The molecule has 0 N–H and O–H groups in total. The molecule has 2 amide bonds. The van der Waals surface area contributed by atoms with Crippen molar-refractivity contribution in [2.24, 2.45) is 0 Å². The van der Waals surface area contributed by atoms with E-state index in [0.717, 1.165) is 15.6 Å². The summed E-state index contributed by atoms with van der Waals surface area (Å²) in [6.07, 6.45) is 0. The number of amides is 2. The third kappa shape index (κ3) is 3.30. The van der Waals surface area contributed by atoms with E-state index in [1.165, 1.54) is 23.7 Å². The van der Waals surface area contributed by atoms with Crippen LogP contribution in [0.1, 0.15) is 26.4 Å². The number of carbonyl (C=O) groups excluding carboxylic acids is 2. The van der Waals surface area contributed by atoms with E-state index in [0.29, 0.717) is 31.9 Å². The van der Waals surface area contributed by atoms with Crippen molar-refractivity contribution in [3.05, 3.63) is 65.1 Å². The van der Waals surface area contributed by atoms with Crippen LogP contribution in [0.2, 0.25) is 0 Å². The lowest BCUT2D eigenvalue weighted by atomic mass is 10.1. The van der Waals surface area contributed by atoms with E-state index in [-0.39, 0.29) is 17.4 Å². The smallest absolute Gasteiger partial charge is 0.274 e. The van der Waals surface area contributed by atoms with E-state index in [1.54, 1.807) is 21.9 Å². The number of carbonyl (C=O) groups is 2. The summed E-state index contributed by atoms with van der Waals surface area (Å²) in [6.45, 7) is 3.55. The van der Waals surface area contributed by atoms with Crippen LogP contribution in [-0.2, 0) is 0 Å². The molecule has 138 valence electrons. The Kier molecular flexibility index (Phi) is 4.61. The summed E-state index contributed by atoms with van der Waals surface area (Å²) in [4.78, 5) is 28.7. The molecule has 0 bridgehead atoms. The number of hydrogen-bond donors (Lipinski definition) is 0. The molecule has 1 aliphatic rings. The molecule has 0 unspecified atom stereocenters. The molecule has 27 heavy (non-hydrogen) atoms. The van der Waals surface area contributed by atoms with Gasteiger partial charge in [0.25, 0.3) is 11.8 Å². The number of nitrogens with zero attached hydrogens (tertiary/aromatic N) is 3. The van der Waals surface area contributed by atoms with Gasteiger partial charge in [-0.05, 0) is 42.7 Å². The van der Waals surface area contributed by atoms with Crippen molar-refractivity contribution in [2.75, 3.05) is 26.2 Å². The molecule has 4 rings (SSSR count). The van der Waals surface area contributed by atoms with Crippen molar-refractivity contribution >= 4 is 33.4 Å². The van der Waals surface area contributed by atoms with Crippen LogP contribution >= 0.6 is 11.5 Å². The standard InChI is InChI=1S/C20H18FN3O2S/c1-13-6-7-17-15(12-13)18(22-27-17)20(26)24-10-8-23(9-11-24)19(25)14-4-2-3-5-16(14)21/h2-7,12H,8-11H2,1H3. The molecule has 3 aromatic rings. The Hall–Kier alpha value is -2.80. The highest BCUT2D eigenvalue weighted by Crippen LogP contribution is 2.25. The third-order valence-electron chi connectivity index (χ3n) is 4.79. The molecule has 1 aromatic heterocycles. The number of fused-ring (bicyclic) bond motifs is 1. The van der Waals surface area contributed by atoms with Crippen molar-refractivity contribution in [1.82, 2.24) is 14.2 Å². The van der Waals surface area contributed by atoms with Crippen LogP contribution in [0, 0.1) is 12.7 Å². The van der Waals surface area contributed by atoms with Gasteiger partial charge >= 0.3 is 0 Å². The molecule has 2 heterocycles. The Morgan fingerprint density at radius 3 is 2.37 bits per heavy atom. The molecule has 0 radical (unpaired) electrons. The molecule has 1 aliphatic heterocycles. The minimum atomic E-state index is -0.523. The summed E-state index contributed by atoms with van der Waals surface area (Å²) in [5, 5.41) is 0.870. The molecular weight excluding hydrogens is 365 g/mol. The molecule has 2 aromatic carbocycles. The van der Waals surface area contributed by atoms with E-state index >= 15 is 0 Å². The average Bonchev–Trinajstić information content (AvgIpc) is 3.10. The minimum absolute atomic E-state index is 0.0678. The van der Waals surface area contributed by atoms with Gasteiger partial charge in [-0.25, -0.2) is 4.39 Å². The van der Waals surface area contributed by atoms with Gasteiger partial charge in [-0.2, -0.15) is 4.37 Å². The van der Waals surface area contributed by atoms with Crippen LogP contribution in [0.5, 0.6) is 0 Å². The van der Waals surface area contributed by atoms with Gasteiger partial charge in [-0.1, -0.05) is 23.8 Å². The summed E-state index contributed by atoms with van der Waals surface area (Å²) in [5.41, 5.74) is 1.61. The Labute approximate surface area is 160 Å². The number of rotatable bonds is 2. The highest BCUT2D eigenvalue weighted by Gasteiger charge is 2.28. The van der Waals surface area contributed by atoms with Gasteiger partial charge < -0.3 is 9.80 Å². The molecule has 5 nitrogen and oxygen atoms in total. The van der Waals surface area contributed by atoms with Gasteiger partial charge in [0.05, 0.1) is 10.3 Å². The normalized spacial score (nSPS) is 14.6. The first-order valence-corrected chi connectivity index (χ1v) is 9.51. The van der Waals surface area contributed by atoms with Crippen molar-refractivity contribution in [2.45, 2.75) is 6.92 Å². The molecule has 0 spiro atoms. The number of halogens is 1. The van der Waals surface area contributed by atoms with Gasteiger partial charge in [0.1, 0.15) is 11.5 Å². The summed E-state index contributed by atoms with van der Waals surface area (Å²) >= 11 is 1.32. The first-order chi connectivity index (χ1) is 13.0. The number of hydrogen-bond acceptors (Lipinski definition) is 4. The highest BCUT2D eigenvalue weighted by molar-refractivity contribution is 7.13. The summed E-state index contributed by atoms with van der Waals surface area (Å²) in [6, 6.07) is 11.9. The Morgan fingerprint density at radius 2 is 1.67 bits per heavy atom. The lowest BCUT2D eigenvalue weighted by Gasteiger charge is -2.34. The first kappa shape index (κ1) is 17.6. The van der Waals surface area contributed by atoms with Crippen molar-refractivity contribution in [3.63, 3.8) is 0 Å².